The SMILES string of the molecule is CC(C)(C)c1ccc2nc(NC(=O)c3ccc(Cl)cc3Cl)sc2c1. The van der Waals surface area contributed by atoms with Gasteiger partial charge in [-0.15, -0.1) is 0 Å². The summed E-state index contributed by atoms with van der Waals surface area (Å²) in [7, 11) is 0. The number of nitrogens with one attached hydrogen (secondary N) is 1. The van der Waals surface area contributed by atoms with Gasteiger partial charge in [0, 0.05) is 5.02 Å². The molecule has 3 rings (SSSR count). The minimum Gasteiger partial charge on any atom is -0.298 e. The number of halogens is 2. The summed E-state index contributed by atoms with van der Waals surface area (Å²) in [6.07, 6.45) is 0. The van der Waals surface area contributed by atoms with Crippen molar-refractivity contribution in [1.29, 1.82) is 0 Å². The number of carbonyl (C=O) groups is 1. The van der Waals surface area contributed by atoms with Crippen LogP contribution in [0, 0.1) is 0 Å². The lowest BCUT2D eigenvalue weighted by atomic mass is 9.87. The monoisotopic (exact) mass is 378 g/mol. The number of carbonyl (C=O) groups excluding carboxylic acids is 1. The molecule has 0 radical (unpaired) electrons. The van der Waals surface area contributed by atoms with E-state index in [0.29, 0.717) is 20.7 Å². The molecule has 0 unspecified atom stereocenters. The van der Waals surface area contributed by atoms with Gasteiger partial charge in [-0.05, 0) is 41.3 Å². The second kappa shape index (κ2) is 6.36. The topological polar surface area (TPSA) is 42.0 Å². The van der Waals surface area contributed by atoms with Crippen molar-refractivity contribution in [1.82, 2.24) is 4.98 Å². The number of thiazole rings is 1. The predicted octanol–water partition coefficient (Wildman–Crippen LogP) is 6.15. The first-order valence-electron chi connectivity index (χ1n) is 7.41. The van der Waals surface area contributed by atoms with Crippen LogP contribution in [0.5, 0.6) is 0 Å². The first-order chi connectivity index (χ1) is 11.2. The summed E-state index contributed by atoms with van der Waals surface area (Å²) < 4.78 is 1.04. The van der Waals surface area contributed by atoms with Crippen LogP contribution in [0.3, 0.4) is 0 Å². The Morgan fingerprint density at radius 2 is 1.88 bits per heavy atom. The molecular formula is C18H16Cl2N2OS. The van der Waals surface area contributed by atoms with Crippen LogP contribution in [0.15, 0.2) is 36.4 Å². The molecule has 0 saturated heterocycles. The Morgan fingerprint density at radius 3 is 2.54 bits per heavy atom. The van der Waals surface area contributed by atoms with Gasteiger partial charge in [0.15, 0.2) is 5.13 Å². The van der Waals surface area contributed by atoms with Crippen molar-refractivity contribution in [2.45, 2.75) is 26.2 Å². The van der Waals surface area contributed by atoms with Gasteiger partial charge in [-0.1, -0.05) is 61.4 Å². The zero-order chi connectivity index (χ0) is 17.5. The molecule has 2 aromatic carbocycles. The van der Waals surface area contributed by atoms with Gasteiger partial charge in [-0.25, -0.2) is 4.98 Å². The van der Waals surface area contributed by atoms with Crippen molar-refractivity contribution in [3.8, 4) is 0 Å². The molecule has 124 valence electrons. The van der Waals surface area contributed by atoms with Crippen LogP contribution < -0.4 is 5.32 Å². The third kappa shape index (κ3) is 3.56. The fourth-order valence-electron chi connectivity index (χ4n) is 2.28. The number of rotatable bonds is 2. The van der Waals surface area contributed by atoms with E-state index in [2.05, 4.69) is 43.2 Å². The summed E-state index contributed by atoms with van der Waals surface area (Å²) in [4.78, 5) is 16.8. The molecule has 0 aliphatic carbocycles. The maximum absolute atomic E-state index is 12.4. The van der Waals surface area contributed by atoms with E-state index < -0.39 is 0 Å². The molecule has 6 heteroatoms. The van der Waals surface area contributed by atoms with Crippen molar-refractivity contribution in [2.24, 2.45) is 0 Å². The predicted molar refractivity (Wildman–Crippen MR) is 103 cm³/mol. The van der Waals surface area contributed by atoms with Crippen LogP contribution in [0.4, 0.5) is 5.13 Å². The van der Waals surface area contributed by atoms with Crippen molar-refractivity contribution in [2.75, 3.05) is 5.32 Å². The maximum atomic E-state index is 12.4. The summed E-state index contributed by atoms with van der Waals surface area (Å²) in [5.74, 6) is -0.299. The summed E-state index contributed by atoms with van der Waals surface area (Å²) in [6, 6.07) is 11.0. The zero-order valence-corrected chi connectivity index (χ0v) is 15.8. The van der Waals surface area contributed by atoms with Crippen LogP contribution in [0.1, 0.15) is 36.7 Å². The summed E-state index contributed by atoms with van der Waals surface area (Å²) >= 11 is 13.4. The zero-order valence-electron chi connectivity index (χ0n) is 13.5. The van der Waals surface area contributed by atoms with Crippen molar-refractivity contribution in [3.63, 3.8) is 0 Å². The van der Waals surface area contributed by atoms with E-state index in [4.69, 9.17) is 23.2 Å². The summed E-state index contributed by atoms with van der Waals surface area (Å²) in [5.41, 5.74) is 2.54. The number of nitrogens with zero attached hydrogens (tertiary/aromatic N) is 1. The first-order valence-corrected chi connectivity index (χ1v) is 8.99. The highest BCUT2D eigenvalue weighted by Crippen LogP contribution is 2.31. The largest absolute Gasteiger partial charge is 0.298 e. The third-order valence-corrected chi connectivity index (χ3v) is 5.13. The second-order valence-electron chi connectivity index (χ2n) is 6.53. The van der Waals surface area contributed by atoms with E-state index in [1.54, 1.807) is 18.2 Å². The van der Waals surface area contributed by atoms with Crippen LogP contribution in [0.25, 0.3) is 10.2 Å². The average Bonchev–Trinajstić information content (AvgIpc) is 2.87. The molecule has 0 aliphatic rings. The Morgan fingerprint density at radius 1 is 1.12 bits per heavy atom. The highest BCUT2D eigenvalue weighted by molar-refractivity contribution is 7.22. The molecule has 0 bridgehead atoms. The number of anilines is 1. The van der Waals surface area contributed by atoms with Crippen LogP contribution in [-0.4, -0.2) is 10.9 Å². The van der Waals surface area contributed by atoms with Crippen molar-refractivity contribution >= 4 is 55.8 Å². The van der Waals surface area contributed by atoms with E-state index in [9.17, 15) is 4.79 Å². The molecular weight excluding hydrogens is 363 g/mol. The average molecular weight is 379 g/mol. The first kappa shape index (κ1) is 17.2. The molecule has 3 nitrogen and oxygen atoms in total. The van der Waals surface area contributed by atoms with E-state index >= 15 is 0 Å². The smallest absolute Gasteiger partial charge is 0.258 e. The third-order valence-electron chi connectivity index (χ3n) is 3.65. The Kier molecular flexibility index (Phi) is 4.56. The van der Waals surface area contributed by atoms with Crippen molar-refractivity contribution in [3.05, 3.63) is 57.6 Å². The van der Waals surface area contributed by atoms with Gasteiger partial charge >= 0.3 is 0 Å². The highest BCUT2D eigenvalue weighted by atomic mass is 35.5. The lowest BCUT2D eigenvalue weighted by Crippen LogP contribution is -2.12. The highest BCUT2D eigenvalue weighted by Gasteiger charge is 2.17. The van der Waals surface area contributed by atoms with Gasteiger partial charge < -0.3 is 0 Å². The van der Waals surface area contributed by atoms with Crippen molar-refractivity contribution < 1.29 is 4.79 Å². The number of amides is 1. The van der Waals surface area contributed by atoms with Crippen LogP contribution in [0.2, 0.25) is 10.0 Å². The Bertz CT molecular complexity index is 928. The number of fused-ring (bicyclic) bond motifs is 1. The Hall–Kier alpha value is -1.62. The minimum absolute atomic E-state index is 0.0679. The lowest BCUT2D eigenvalue weighted by molar-refractivity contribution is 0.102. The molecule has 1 heterocycles. The number of aromatic nitrogens is 1. The van der Waals surface area contributed by atoms with Gasteiger partial charge in [0.05, 0.1) is 20.8 Å². The van der Waals surface area contributed by atoms with Crippen LogP contribution >= 0.6 is 34.5 Å². The second-order valence-corrected chi connectivity index (χ2v) is 8.40. The quantitative estimate of drug-likeness (QED) is 0.580. The molecule has 1 aromatic heterocycles. The molecule has 3 aromatic rings. The van der Waals surface area contributed by atoms with Crippen LogP contribution in [-0.2, 0) is 5.41 Å². The fraction of sp³-hybridized carbons (Fsp3) is 0.222. The summed E-state index contributed by atoms with van der Waals surface area (Å²) in [5, 5.41) is 4.16. The summed E-state index contributed by atoms with van der Waals surface area (Å²) in [6.45, 7) is 6.50. The molecule has 1 N–H and O–H groups in total. The lowest BCUT2D eigenvalue weighted by Gasteiger charge is -2.18. The normalized spacial score (nSPS) is 11.7. The number of hydrogen-bond acceptors (Lipinski definition) is 3. The van der Waals surface area contributed by atoms with Gasteiger partial charge in [0.25, 0.3) is 5.91 Å². The van der Waals surface area contributed by atoms with Gasteiger partial charge in [0.2, 0.25) is 0 Å². The molecule has 0 atom stereocenters. The standard InChI is InChI=1S/C18H16Cl2N2OS/c1-18(2,3)10-4-7-14-15(8-10)24-17(21-14)22-16(23)12-6-5-11(19)9-13(12)20/h4-9H,1-3H3,(H,21,22,23). The van der Waals surface area contributed by atoms with E-state index in [0.717, 1.165) is 10.2 Å². The van der Waals surface area contributed by atoms with E-state index in [1.165, 1.54) is 16.9 Å². The van der Waals surface area contributed by atoms with Gasteiger partial charge in [-0.2, -0.15) is 0 Å². The molecule has 0 fully saturated rings. The maximum Gasteiger partial charge on any atom is 0.258 e. The molecule has 24 heavy (non-hydrogen) atoms. The number of hydrogen-bond donors (Lipinski definition) is 1. The molecule has 1 amide bonds. The molecule has 0 saturated carbocycles. The van der Waals surface area contributed by atoms with Gasteiger partial charge in [-0.3, -0.25) is 10.1 Å². The van der Waals surface area contributed by atoms with E-state index in [-0.39, 0.29) is 11.3 Å². The molecule has 0 spiro atoms. The minimum atomic E-state index is -0.299. The number of benzene rings is 2. The van der Waals surface area contributed by atoms with E-state index in [1.807, 2.05) is 6.07 Å². The fourth-order valence-corrected chi connectivity index (χ4v) is 3.68. The Labute approximate surface area is 154 Å². The van der Waals surface area contributed by atoms with Gasteiger partial charge in [0.1, 0.15) is 0 Å². The molecule has 0 aliphatic heterocycles. The Balaban J connectivity index is 1.88.